The molecule has 0 fully saturated rings. The molecule has 0 aliphatic rings. The average Bonchev–Trinajstić information content (AvgIpc) is 1.64. The second-order valence-corrected chi connectivity index (χ2v) is 1.90. The predicted molar refractivity (Wildman–Crippen MR) is 24.9 cm³/mol. The van der Waals surface area contributed by atoms with Crippen molar-refractivity contribution in [3.05, 3.63) is 0 Å². The van der Waals surface area contributed by atoms with E-state index in [0.29, 0.717) is 0 Å². The summed E-state index contributed by atoms with van der Waals surface area (Å²) in [5.74, 6) is 0. The molecule has 0 aliphatic heterocycles. The van der Waals surface area contributed by atoms with Crippen molar-refractivity contribution in [2.24, 2.45) is 0 Å². The van der Waals surface area contributed by atoms with Gasteiger partial charge in [0.2, 0.25) is 0 Å². The maximum Gasteiger partial charge on any atom is 0.0286 e. The first-order valence-electron chi connectivity index (χ1n) is 2.55. The number of hydrogen-bond acceptors (Lipinski definition) is 3. The largest absolute Gasteiger partial charge is 0.850 e. The van der Waals surface area contributed by atoms with E-state index in [2.05, 4.69) is 0 Å². The van der Waals surface area contributed by atoms with E-state index < -0.39 is 18.3 Å². The smallest absolute Gasteiger partial charge is 0.0286 e. The molecular weight excluding hydrogens is 108 g/mol. The number of aliphatic hydroxyl groups excluding tert-OH is 1. The molecule has 0 amide bonds. The van der Waals surface area contributed by atoms with Crippen LogP contribution in [0.4, 0.5) is 0 Å². The van der Waals surface area contributed by atoms with Gasteiger partial charge in [-0.15, -0.1) is 12.2 Å². The molecular formula is C5H10O3-2. The third-order valence-electron chi connectivity index (χ3n) is 0.962. The van der Waals surface area contributed by atoms with Crippen LogP contribution in [0.15, 0.2) is 0 Å². The molecule has 3 nitrogen and oxygen atoms in total. The molecule has 0 saturated carbocycles. The van der Waals surface area contributed by atoms with Crippen LogP contribution in [-0.4, -0.2) is 23.4 Å². The topological polar surface area (TPSA) is 66.3 Å². The van der Waals surface area contributed by atoms with E-state index in [0.717, 1.165) is 0 Å². The Bertz CT molecular complexity index is 52.7. The highest BCUT2D eigenvalue weighted by Crippen LogP contribution is 1.90. The lowest BCUT2D eigenvalue weighted by molar-refractivity contribution is -0.483. The summed E-state index contributed by atoms with van der Waals surface area (Å²) in [5.41, 5.74) is 0. The minimum Gasteiger partial charge on any atom is -0.850 e. The normalized spacial score (nSPS) is 22.1. The lowest BCUT2D eigenvalue weighted by Crippen LogP contribution is -2.47. The first-order chi connectivity index (χ1) is 3.55. The standard InChI is InChI=1S/C5H10O3/c1-3(6)5(8)4(2)7/h3-5,8H,1-2H3/q-2/t3-,4?,5?/m1/s1. The number of rotatable bonds is 2. The van der Waals surface area contributed by atoms with Crippen LogP contribution < -0.4 is 10.2 Å². The molecule has 0 aromatic rings. The van der Waals surface area contributed by atoms with Gasteiger partial charge in [-0.2, -0.15) is 0 Å². The van der Waals surface area contributed by atoms with Crippen molar-refractivity contribution in [3.8, 4) is 0 Å². The number of hydrogen-bond donors (Lipinski definition) is 1. The van der Waals surface area contributed by atoms with Crippen LogP contribution in [0.2, 0.25) is 0 Å². The van der Waals surface area contributed by atoms with Gasteiger partial charge in [-0.3, -0.25) is 0 Å². The molecule has 1 N–H and O–H groups in total. The molecule has 3 atom stereocenters. The Labute approximate surface area is 48.6 Å². The summed E-state index contributed by atoms with van der Waals surface area (Å²) in [5, 5.41) is 29.0. The molecule has 0 radical (unpaired) electrons. The Morgan fingerprint density at radius 2 is 1.38 bits per heavy atom. The lowest BCUT2D eigenvalue weighted by atomic mass is 10.1. The van der Waals surface area contributed by atoms with Gasteiger partial charge in [0.05, 0.1) is 0 Å². The second kappa shape index (κ2) is 3.02. The summed E-state index contributed by atoms with van der Waals surface area (Å²) < 4.78 is 0. The van der Waals surface area contributed by atoms with Crippen molar-refractivity contribution in [1.29, 1.82) is 0 Å². The Balaban J connectivity index is 3.46. The molecule has 0 aromatic carbocycles. The van der Waals surface area contributed by atoms with E-state index in [4.69, 9.17) is 5.11 Å². The Hall–Kier alpha value is -0.120. The third-order valence-corrected chi connectivity index (χ3v) is 0.962. The van der Waals surface area contributed by atoms with E-state index in [1.165, 1.54) is 13.8 Å². The van der Waals surface area contributed by atoms with Crippen LogP contribution in [0.25, 0.3) is 0 Å². The van der Waals surface area contributed by atoms with Crippen molar-refractivity contribution in [2.75, 3.05) is 0 Å². The molecule has 3 heteroatoms. The summed E-state index contributed by atoms with van der Waals surface area (Å²) >= 11 is 0. The first-order valence-corrected chi connectivity index (χ1v) is 2.55. The Morgan fingerprint density at radius 3 is 1.38 bits per heavy atom. The zero-order chi connectivity index (χ0) is 6.73. The third kappa shape index (κ3) is 2.26. The maximum atomic E-state index is 10.2. The van der Waals surface area contributed by atoms with E-state index in [1.54, 1.807) is 0 Å². The highest BCUT2D eigenvalue weighted by Gasteiger charge is 2.01. The van der Waals surface area contributed by atoms with Gasteiger partial charge in [0.25, 0.3) is 0 Å². The average molecular weight is 118 g/mol. The SMILES string of the molecule is CC([O-])C(O)[C@@H](C)[O-]. The van der Waals surface area contributed by atoms with Gasteiger partial charge < -0.3 is 15.3 Å². The zero-order valence-corrected chi connectivity index (χ0v) is 5.00. The molecule has 0 rings (SSSR count). The van der Waals surface area contributed by atoms with Gasteiger partial charge >= 0.3 is 0 Å². The molecule has 0 saturated heterocycles. The van der Waals surface area contributed by atoms with E-state index >= 15 is 0 Å². The lowest BCUT2D eigenvalue weighted by Gasteiger charge is -2.32. The van der Waals surface area contributed by atoms with Crippen molar-refractivity contribution in [1.82, 2.24) is 0 Å². The van der Waals surface area contributed by atoms with Gasteiger partial charge in [-0.05, 0) is 0 Å². The molecule has 50 valence electrons. The summed E-state index contributed by atoms with van der Waals surface area (Å²) in [6.45, 7) is 2.55. The van der Waals surface area contributed by atoms with Crippen LogP contribution in [0.5, 0.6) is 0 Å². The summed E-state index contributed by atoms with van der Waals surface area (Å²) in [4.78, 5) is 0. The molecule has 0 heterocycles. The number of aliphatic hydroxyl groups is 1. The van der Waals surface area contributed by atoms with Crippen LogP contribution in [0, 0.1) is 0 Å². The van der Waals surface area contributed by atoms with Crippen molar-refractivity contribution in [2.45, 2.75) is 32.2 Å². The fraction of sp³-hybridized carbons (Fsp3) is 1.00. The van der Waals surface area contributed by atoms with Crippen molar-refractivity contribution in [3.63, 3.8) is 0 Å². The Kier molecular flexibility index (Phi) is 2.97. The minimum absolute atomic E-state index is 1.16. The molecule has 0 spiro atoms. The minimum atomic E-state index is -1.24. The van der Waals surface area contributed by atoms with Gasteiger partial charge in [0.1, 0.15) is 0 Å². The van der Waals surface area contributed by atoms with E-state index in [9.17, 15) is 10.2 Å². The summed E-state index contributed by atoms with van der Waals surface area (Å²) in [7, 11) is 0. The van der Waals surface area contributed by atoms with Gasteiger partial charge in [0, 0.05) is 6.10 Å². The molecule has 2 unspecified atom stereocenters. The first kappa shape index (κ1) is 7.88. The van der Waals surface area contributed by atoms with E-state index in [-0.39, 0.29) is 0 Å². The maximum absolute atomic E-state index is 10.2. The van der Waals surface area contributed by atoms with Crippen LogP contribution in [0.1, 0.15) is 13.8 Å². The van der Waals surface area contributed by atoms with Crippen LogP contribution in [0.3, 0.4) is 0 Å². The van der Waals surface area contributed by atoms with Gasteiger partial charge in [0.15, 0.2) is 0 Å². The van der Waals surface area contributed by atoms with Crippen molar-refractivity contribution >= 4 is 0 Å². The molecule has 8 heavy (non-hydrogen) atoms. The molecule has 0 aromatic heterocycles. The summed E-state index contributed by atoms with van der Waals surface area (Å²) in [6.07, 6.45) is -3.57. The van der Waals surface area contributed by atoms with Gasteiger partial charge in [-0.1, -0.05) is 13.8 Å². The zero-order valence-electron chi connectivity index (χ0n) is 5.00. The summed E-state index contributed by atoms with van der Waals surface area (Å²) in [6, 6.07) is 0. The molecule has 0 bridgehead atoms. The van der Waals surface area contributed by atoms with Crippen molar-refractivity contribution < 1.29 is 15.3 Å². The highest BCUT2D eigenvalue weighted by atomic mass is 16.4. The van der Waals surface area contributed by atoms with Gasteiger partial charge in [-0.25, -0.2) is 0 Å². The quantitative estimate of drug-likeness (QED) is 0.449. The fourth-order valence-electron chi connectivity index (χ4n) is 0.382. The van der Waals surface area contributed by atoms with Crippen LogP contribution in [-0.2, 0) is 0 Å². The van der Waals surface area contributed by atoms with Crippen LogP contribution >= 0.6 is 0 Å². The Morgan fingerprint density at radius 1 is 1.12 bits per heavy atom. The molecule has 0 aliphatic carbocycles. The predicted octanol–water partition coefficient (Wildman–Crippen LogP) is -2.16. The highest BCUT2D eigenvalue weighted by molar-refractivity contribution is 4.64. The second-order valence-electron chi connectivity index (χ2n) is 1.90. The van der Waals surface area contributed by atoms with E-state index in [1.807, 2.05) is 0 Å². The monoisotopic (exact) mass is 118 g/mol. The fourth-order valence-corrected chi connectivity index (χ4v) is 0.382.